The van der Waals surface area contributed by atoms with Crippen molar-refractivity contribution in [2.45, 2.75) is 19.6 Å². The highest BCUT2D eigenvalue weighted by Gasteiger charge is 2.34. The SMILES string of the molecule is COc1ccc(NC(=O)C2=C(C)Nc3ncnn3[C@H]2c2ccc(OCc3ccccc3Cl)c(OC)c2)cc1. The van der Waals surface area contributed by atoms with Crippen molar-refractivity contribution >= 4 is 29.1 Å². The molecule has 1 aliphatic rings. The van der Waals surface area contributed by atoms with Crippen LogP contribution >= 0.6 is 11.6 Å². The molecule has 0 spiro atoms. The number of ether oxygens (including phenoxy) is 3. The van der Waals surface area contributed by atoms with E-state index in [1.807, 2.05) is 49.4 Å². The van der Waals surface area contributed by atoms with E-state index in [-0.39, 0.29) is 12.5 Å². The fourth-order valence-corrected chi connectivity index (χ4v) is 4.50. The van der Waals surface area contributed by atoms with E-state index in [4.69, 9.17) is 25.8 Å². The van der Waals surface area contributed by atoms with Gasteiger partial charge in [0.05, 0.1) is 19.8 Å². The molecule has 1 amide bonds. The molecule has 10 heteroatoms. The molecule has 1 atom stereocenters. The van der Waals surface area contributed by atoms with Crippen LogP contribution in [-0.2, 0) is 11.4 Å². The second kappa shape index (κ2) is 10.9. The van der Waals surface area contributed by atoms with Crippen LogP contribution in [0.5, 0.6) is 17.2 Å². The van der Waals surface area contributed by atoms with Crippen molar-refractivity contribution in [3.63, 3.8) is 0 Å². The van der Waals surface area contributed by atoms with E-state index < -0.39 is 6.04 Å². The van der Waals surface area contributed by atoms with E-state index in [2.05, 4.69) is 20.7 Å². The van der Waals surface area contributed by atoms with E-state index >= 15 is 0 Å². The molecular formula is C28H26ClN5O4. The molecule has 1 aromatic heterocycles. The molecule has 0 radical (unpaired) electrons. The van der Waals surface area contributed by atoms with Crippen LogP contribution < -0.4 is 24.8 Å². The third-order valence-electron chi connectivity index (χ3n) is 6.23. The number of amides is 1. The first-order valence-electron chi connectivity index (χ1n) is 11.9. The van der Waals surface area contributed by atoms with Crippen LogP contribution in [0.4, 0.5) is 11.6 Å². The van der Waals surface area contributed by atoms with Crippen LogP contribution in [0.15, 0.2) is 84.3 Å². The molecule has 0 fully saturated rings. The Balaban J connectivity index is 1.46. The van der Waals surface area contributed by atoms with Crippen molar-refractivity contribution in [1.29, 1.82) is 0 Å². The number of nitrogens with zero attached hydrogens (tertiary/aromatic N) is 3. The maximum atomic E-state index is 13.6. The van der Waals surface area contributed by atoms with Gasteiger partial charge in [-0.25, -0.2) is 4.68 Å². The molecule has 0 saturated carbocycles. The largest absolute Gasteiger partial charge is 0.497 e. The third-order valence-corrected chi connectivity index (χ3v) is 6.60. The average molecular weight is 532 g/mol. The van der Waals surface area contributed by atoms with Crippen molar-refractivity contribution < 1.29 is 19.0 Å². The number of allylic oxidation sites excluding steroid dienone is 1. The molecule has 0 saturated heterocycles. The Hall–Kier alpha value is -4.50. The Morgan fingerprint density at radius 1 is 1.05 bits per heavy atom. The van der Waals surface area contributed by atoms with Crippen LogP contribution in [-0.4, -0.2) is 34.9 Å². The second-order valence-corrected chi connectivity index (χ2v) is 8.97. The minimum absolute atomic E-state index is 0.274. The predicted molar refractivity (Wildman–Crippen MR) is 145 cm³/mol. The number of aromatic nitrogens is 3. The molecule has 9 nitrogen and oxygen atoms in total. The molecule has 38 heavy (non-hydrogen) atoms. The van der Waals surface area contributed by atoms with Crippen molar-refractivity contribution in [2.75, 3.05) is 24.9 Å². The first kappa shape index (κ1) is 25.2. The van der Waals surface area contributed by atoms with Gasteiger partial charge >= 0.3 is 0 Å². The number of rotatable bonds is 8. The molecule has 0 bridgehead atoms. The standard InChI is InChI=1S/C28H26ClN5O4/c1-17-25(27(35)33-20-9-11-21(36-2)12-10-20)26(34-28(32-17)30-16-31-34)18-8-13-23(24(14-18)37-3)38-15-19-6-4-5-7-22(19)29/h4-14,16,26H,15H2,1-3H3,(H,33,35)(H,30,31,32)/t26-/m0/s1. The number of benzene rings is 3. The summed E-state index contributed by atoms with van der Waals surface area (Å²) >= 11 is 6.28. The Morgan fingerprint density at radius 3 is 2.58 bits per heavy atom. The van der Waals surface area contributed by atoms with E-state index in [9.17, 15) is 4.79 Å². The summed E-state index contributed by atoms with van der Waals surface area (Å²) in [5, 5.41) is 11.2. The second-order valence-electron chi connectivity index (χ2n) is 8.57. The lowest BCUT2D eigenvalue weighted by Gasteiger charge is -2.29. The Morgan fingerprint density at radius 2 is 1.84 bits per heavy atom. The molecular weight excluding hydrogens is 506 g/mol. The summed E-state index contributed by atoms with van der Waals surface area (Å²) in [7, 11) is 3.17. The Labute approximate surface area is 225 Å². The fraction of sp³-hybridized carbons (Fsp3) is 0.179. The van der Waals surface area contributed by atoms with Crippen molar-refractivity contribution in [2.24, 2.45) is 0 Å². The van der Waals surface area contributed by atoms with Gasteiger partial charge in [-0.15, -0.1) is 0 Å². The van der Waals surface area contributed by atoms with Crippen LogP contribution in [0.2, 0.25) is 5.02 Å². The summed E-state index contributed by atoms with van der Waals surface area (Å²) in [5.41, 5.74) is 3.44. The topological polar surface area (TPSA) is 99.5 Å². The van der Waals surface area contributed by atoms with Crippen LogP contribution in [0.3, 0.4) is 0 Å². The number of carbonyl (C=O) groups is 1. The zero-order chi connectivity index (χ0) is 26.6. The first-order valence-corrected chi connectivity index (χ1v) is 12.2. The first-order chi connectivity index (χ1) is 18.5. The number of nitrogens with one attached hydrogen (secondary N) is 2. The molecule has 4 aromatic rings. The molecule has 0 aliphatic carbocycles. The normalized spacial score (nSPS) is 14.4. The number of fused-ring (bicyclic) bond motifs is 1. The number of methoxy groups -OCH3 is 2. The summed E-state index contributed by atoms with van der Waals surface area (Å²) in [6.45, 7) is 2.12. The number of hydrogen-bond acceptors (Lipinski definition) is 7. The fourth-order valence-electron chi connectivity index (χ4n) is 4.31. The lowest BCUT2D eigenvalue weighted by Crippen LogP contribution is -2.31. The van der Waals surface area contributed by atoms with Gasteiger partial charge in [0.15, 0.2) is 11.5 Å². The number of carbonyl (C=O) groups excluding carboxylic acids is 1. The van der Waals surface area contributed by atoms with Crippen molar-refractivity contribution in [1.82, 2.24) is 14.8 Å². The average Bonchev–Trinajstić information content (AvgIpc) is 3.40. The van der Waals surface area contributed by atoms with E-state index in [0.29, 0.717) is 45.2 Å². The quantitative estimate of drug-likeness (QED) is 0.311. The zero-order valence-corrected chi connectivity index (χ0v) is 21.8. The van der Waals surface area contributed by atoms with Gasteiger partial charge in [0.2, 0.25) is 5.95 Å². The number of hydrogen-bond donors (Lipinski definition) is 2. The number of halogens is 1. The van der Waals surface area contributed by atoms with Crippen LogP contribution in [0.1, 0.15) is 24.1 Å². The summed E-state index contributed by atoms with van der Waals surface area (Å²) in [5.74, 6) is 2.03. The smallest absolute Gasteiger partial charge is 0.255 e. The van der Waals surface area contributed by atoms with E-state index in [1.54, 1.807) is 43.2 Å². The molecule has 1 aliphatic heterocycles. The summed E-state index contributed by atoms with van der Waals surface area (Å²) in [6.07, 6.45) is 1.45. The molecule has 194 valence electrons. The van der Waals surface area contributed by atoms with E-state index in [0.717, 1.165) is 11.1 Å². The van der Waals surface area contributed by atoms with Crippen LogP contribution in [0, 0.1) is 0 Å². The highest BCUT2D eigenvalue weighted by atomic mass is 35.5. The maximum absolute atomic E-state index is 13.6. The molecule has 2 N–H and O–H groups in total. The molecule has 3 aromatic carbocycles. The third kappa shape index (κ3) is 5.01. The summed E-state index contributed by atoms with van der Waals surface area (Å²) < 4.78 is 18.6. The monoisotopic (exact) mass is 531 g/mol. The Bertz CT molecular complexity index is 1500. The lowest BCUT2D eigenvalue weighted by molar-refractivity contribution is -0.113. The van der Waals surface area contributed by atoms with Gasteiger partial charge in [-0.05, 0) is 55.0 Å². The highest BCUT2D eigenvalue weighted by Crippen LogP contribution is 2.39. The minimum atomic E-state index is -0.557. The van der Waals surface area contributed by atoms with Gasteiger partial charge < -0.3 is 24.8 Å². The lowest BCUT2D eigenvalue weighted by atomic mass is 9.94. The maximum Gasteiger partial charge on any atom is 0.255 e. The van der Waals surface area contributed by atoms with Gasteiger partial charge in [0.1, 0.15) is 24.7 Å². The predicted octanol–water partition coefficient (Wildman–Crippen LogP) is 5.46. The molecule has 0 unspecified atom stereocenters. The number of anilines is 2. The molecule has 5 rings (SSSR count). The van der Waals surface area contributed by atoms with Gasteiger partial charge in [-0.1, -0.05) is 35.9 Å². The van der Waals surface area contributed by atoms with Gasteiger partial charge in [0.25, 0.3) is 5.91 Å². The summed E-state index contributed by atoms with van der Waals surface area (Å²) in [4.78, 5) is 17.9. The van der Waals surface area contributed by atoms with Crippen LogP contribution in [0.25, 0.3) is 0 Å². The van der Waals surface area contributed by atoms with Crippen molar-refractivity contribution in [3.05, 3.63) is 100 Å². The Kier molecular flexibility index (Phi) is 7.19. The van der Waals surface area contributed by atoms with Gasteiger partial charge in [-0.2, -0.15) is 10.1 Å². The van der Waals surface area contributed by atoms with Crippen molar-refractivity contribution in [3.8, 4) is 17.2 Å². The van der Waals surface area contributed by atoms with Gasteiger partial charge in [0, 0.05) is 22.0 Å². The molecule has 2 heterocycles. The van der Waals surface area contributed by atoms with E-state index in [1.165, 1.54) is 6.33 Å². The zero-order valence-electron chi connectivity index (χ0n) is 21.1. The summed E-state index contributed by atoms with van der Waals surface area (Å²) in [6, 6.07) is 19.6. The minimum Gasteiger partial charge on any atom is -0.497 e. The highest BCUT2D eigenvalue weighted by molar-refractivity contribution is 6.31. The van der Waals surface area contributed by atoms with Gasteiger partial charge in [-0.3, -0.25) is 4.79 Å².